The molecular formula is C27H41N3O3. The van der Waals surface area contributed by atoms with E-state index < -0.39 is 0 Å². The van der Waals surface area contributed by atoms with Crippen molar-refractivity contribution in [1.82, 2.24) is 0 Å². The van der Waals surface area contributed by atoms with E-state index in [4.69, 9.17) is 5.53 Å². The van der Waals surface area contributed by atoms with Crippen molar-refractivity contribution >= 4 is 11.6 Å². The fourth-order valence-corrected chi connectivity index (χ4v) is 8.39. The van der Waals surface area contributed by atoms with Crippen LogP contribution in [0.25, 0.3) is 10.4 Å². The third-order valence-electron chi connectivity index (χ3n) is 10.3. The van der Waals surface area contributed by atoms with Crippen molar-refractivity contribution in [2.75, 3.05) is 6.54 Å². The summed E-state index contributed by atoms with van der Waals surface area (Å²) >= 11 is 0. The first-order valence-corrected chi connectivity index (χ1v) is 13.1. The van der Waals surface area contributed by atoms with Crippen LogP contribution in [0.3, 0.4) is 0 Å². The maximum absolute atomic E-state index is 13.4. The zero-order chi connectivity index (χ0) is 24.0. The number of rotatable bonds is 7. The highest BCUT2D eigenvalue weighted by atomic mass is 16.3. The number of fused-ring (bicyclic) bond motifs is 5. The zero-order valence-corrected chi connectivity index (χ0v) is 20.8. The van der Waals surface area contributed by atoms with Crippen LogP contribution in [-0.2, 0) is 9.59 Å². The Morgan fingerprint density at radius 2 is 2.00 bits per heavy atom. The molecule has 4 rings (SSSR count). The van der Waals surface area contributed by atoms with Crippen molar-refractivity contribution in [1.29, 1.82) is 0 Å². The number of hydrogen-bond acceptors (Lipinski definition) is 4. The van der Waals surface area contributed by atoms with E-state index in [-0.39, 0.29) is 40.5 Å². The molecule has 0 spiro atoms. The number of carbonyl (C=O) groups excluding carboxylic acids is 2. The van der Waals surface area contributed by atoms with Gasteiger partial charge in [-0.25, -0.2) is 0 Å². The highest BCUT2D eigenvalue weighted by Crippen LogP contribution is 2.66. The lowest BCUT2D eigenvalue weighted by Crippen LogP contribution is -2.51. The number of carbonyl (C=O) groups is 2. The second-order valence-corrected chi connectivity index (χ2v) is 12.2. The number of nitrogens with zero attached hydrogens (tertiary/aromatic N) is 3. The minimum Gasteiger partial charge on any atom is -0.393 e. The molecule has 33 heavy (non-hydrogen) atoms. The Morgan fingerprint density at radius 3 is 2.73 bits per heavy atom. The van der Waals surface area contributed by atoms with Gasteiger partial charge in [0.25, 0.3) is 0 Å². The lowest BCUT2D eigenvalue weighted by Gasteiger charge is -2.58. The Kier molecular flexibility index (Phi) is 6.81. The lowest BCUT2D eigenvalue weighted by atomic mass is 9.47. The molecule has 182 valence electrons. The molecule has 9 atom stereocenters. The van der Waals surface area contributed by atoms with E-state index >= 15 is 0 Å². The largest absolute Gasteiger partial charge is 0.393 e. The molecule has 3 saturated carbocycles. The maximum atomic E-state index is 13.4. The predicted octanol–water partition coefficient (Wildman–Crippen LogP) is 6.04. The number of hydrogen-bond donors (Lipinski definition) is 1. The summed E-state index contributed by atoms with van der Waals surface area (Å²) in [6, 6.07) is 0. The van der Waals surface area contributed by atoms with Crippen LogP contribution in [-0.4, -0.2) is 29.3 Å². The van der Waals surface area contributed by atoms with Gasteiger partial charge in [0.05, 0.1) is 6.10 Å². The van der Waals surface area contributed by atoms with Crippen molar-refractivity contribution in [3.8, 4) is 0 Å². The Balaban J connectivity index is 1.50. The molecule has 0 aromatic rings. The van der Waals surface area contributed by atoms with Gasteiger partial charge in [0, 0.05) is 36.1 Å². The molecule has 0 unspecified atom stereocenters. The molecule has 0 saturated heterocycles. The van der Waals surface area contributed by atoms with Gasteiger partial charge in [0.15, 0.2) is 0 Å². The first-order chi connectivity index (χ1) is 15.6. The average molecular weight is 456 g/mol. The smallest absolute Gasteiger partial charge is 0.137 e. The summed E-state index contributed by atoms with van der Waals surface area (Å²) in [6.07, 6.45) is 9.86. The number of Topliss-reactive ketones (excluding diaryl/α,β-unsaturated/α-hetero) is 2. The molecule has 0 aliphatic heterocycles. The Labute approximate surface area is 198 Å². The SMILES string of the molecule is C[C@H](CCC(=O)[C@@H](C)[C@H]1C(=O)C[C@H]2[C@@H]3CC=C4C[C@@H](O)CC[C@]4(C)[C@H]3CC[C@]12C)CN=[N+]=[N-]. The fraction of sp³-hybridized carbons (Fsp3) is 0.852. The van der Waals surface area contributed by atoms with Gasteiger partial charge in [0.2, 0.25) is 0 Å². The third kappa shape index (κ3) is 4.18. The summed E-state index contributed by atoms with van der Waals surface area (Å²) in [5.41, 5.74) is 10.0. The van der Waals surface area contributed by atoms with Gasteiger partial charge in [-0.05, 0) is 85.0 Å². The summed E-state index contributed by atoms with van der Waals surface area (Å²) in [5, 5.41) is 13.8. The van der Waals surface area contributed by atoms with Gasteiger partial charge >= 0.3 is 0 Å². The van der Waals surface area contributed by atoms with Crippen molar-refractivity contribution in [3.05, 3.63) is 22.1 Å². The van der Waals surface area contributed by atoms with E-state index in [2.05, 4.69) is 29.9 Å². The lowest BCUT2D eigenvalue weighted by molar-refractivity contribution is -0.134. The molecule has 0 aromatic heterocycles. The van der Waals surface area contributed by atoms with Crippen LogP contribution < -0.4 is 0 Å². The van der Waals surface area contributed by atoms with Crippen LogP contribution in [0.1, 0.15) is 85.5 Å². The molecule has 0 heterocycles. The first-order valence-electron chi connectivity index (χ1n) is 13.1. The second kappa shape index (κ2) is 9.19. The molecule has 6 heteroatoms. The summed E-state index contributed by atoms with van der Waals surface area (Å²) in [6.45, 7) is 9.09. The van der Waals surface area contributed by atoms with E-state index in [9.17, 15) is 14.7 Å². The minimum absolute atomic E-state index is 0.0973. The fourth-order valence-electron chi connectivity index (χ4n) is 8.39. The molecule has 0 aromatic carbocycles. The van der Waals surface area contributed by atoms with Crippen molar-refractivity contribution in [2.45, 2.75) is 91.6 Å². The molecule has 4 aliphatic carbocycles. The third-order valence-corrected chi connectivity index (χ3v) is 10.3. The topological polar surface area (TPSA) is 103 Å². The van der Waals surface area contributed by atoms with Gasteiger partial charge in [-0.2, -0.15) is 0 Å². The summed E-state index contributed by atoms with van der Waals surface area (Å²) in [4.78, 5) is 29.3. The summed E-state index contributed by atoms with van der Waals surface area (Å²) in [5.74, 6) is 1.69. The minimum atomic E-state index is -0.245. The number of allylic oxidation sites excluding steroid dienone is 1. The number of aliphatic hydroxyl groups is 1. The van der Waals surface area contributed by atoms with E-state index in [1.54, 1.807) is 0 Å². The monoisotopic (exact) mass is 455 g/mol. The summed E-state index contributed by atoms with van der Waals surface area (Å²) in [7, 11) is 0. The van der Waals surface area contributed by atoms with Crippen molar-refractivity contribution < 1.29 is 14.7 Å². The molecular weight excluding hydrogens is 414 g/mol. The molecule has 4 aliphatic rings. The van der Waals surface area contributed by atoms with Crippen LogP contribution in [0.4, 0.5) is 0 Å². The highest BCUT2D eigenvalue weighted by Gasteiger charge is 2.62. The van der Waals surface area contributed by atoms with Crippen LogP contribution in [0.5, 0.6) is 0 Å². The quantitative estimate of drug-likeness (QED) is 0.219. The Hall–Kier alpha value is -1.65. The van der Waals surface area contributed by atoms with Crippen molar-refractivity contribution in [3.63, 3.8) is 0 Å². The van der Waals surface area contributed by atoms with Gasteiger partial charge in [-0.15, -0.1) is 0 Å². The van der Waals surface area contributed by atoms with Gasteiger partial charge in [-0.3, -0.25) is 9.59 Å². The number of ketones is 2. The first kappa shape index (κ1) is 24.5. The molecule has 0 radical (unpaired) electrons. The molecule has 6 nitrogen and oxygen atoms in total. The molecule has 0 bridgehead atoms. The van der Waals surface area contributed by atoms with E-state index in [0.29, 0.717) is 49.3 Å². The maximum Gasteiger partial charge on any atom is 0.137 e. The Morgan fingerprint density at radius 1 is 1.24 bits per heavy atom. The van der Waals surface area contributed by atoms with Crippen LogP contribution >= 0.6 is 0 Å². The average Bonchev–Trinajstić information content (AvgIpc) is 3.05. The Bertz CT molecular complexity index is 878. The van der Waals surface area contributed by atoms with Gasteiger partial charge in [0.1, 0.15) is 11.6 Å². The van der Waals surface area contributed by atoms with Crippen molar-refractivity contribution in [2.24, 2.45) is 51.5 Å². The van der Waals surface area contributed by atoms with Crippen LogP contribution in [0, 0.1) is 46.3 Å². The normalized spacial score (nSPS) is 41.7. The molecule has 0 amide bonds. The van der Waals surface area contributed by atoms with Gasteiger partial charge < -0.3 is 5.11 Å². The predicted molar refractivity (Wildman–Crippen MR) is 128 cm³/mol. The van der Waals surface area contributed by atoms with E-state index in [1.165, 1.54) is 5.57 Å². The second-order valence-electron chi connectivity index (χ2n) is 12.2. The van der Waals surface area contributed by atoms with Gasteiger partial charge in [-0.1, -0.05) is 44.5 Å². The molecule has 1 N–H and O–H groups in total. The van der Waals surface area contributed by atoms with E-state index in [1.807, 2.05) is 13.8 Å². The highest BCUT2D eigenvalue weighted by molar-refractivity contribution is 5.92. The zero-order valence-electron chi connectivity index (χ0n) is 20.8. The number of azide groups is 1. The van der Waals surface area contributed by atoms with Crippen LogP contribution in [0.2, 0.25) is 0 Å². The molecule has 3 fully saturated rings. The van der Waals surface area contributed by atoms with E-state index in [0.717, 1.165) is 38.5 Å². The van der Waals surface area contributed by atoms with Crippen LogP contribution in [0.15, 0.2) is 16.8 Å². The standard InChI is InChI=1S/C27H41N3O3/c1-16(15-29-30-28)5-8-23(32)17(2)25-24(33)14-22-20-7-6-18-13-19(31)9-11-26(18,3)21(20)10-12-27(22,25)4/h6,16-17,19-22,25,31H,5,7-15H2,1-4H3/t16-,17-,19+,20-,21+,22+,25+,26+,27+/m1/s1. The number of aliphatic hydroxyl groups excluding tert-OH is 1. The summed E-state index contributed by atoms with van der Waals surface area (Å²) < 4.78 is 0.